The summed E-state index contributed by atoms with van der Waals surface area (Å²) in [4.78, 5) is 42.9. The summed E-state index contributed by atoms with van der Waals surface area (Å²) >= 11 is 0. The molecule has 0 heterocycles. The standard InChI is InChI=1S/C23H34N4O5/c1-23(2,3)32-22(30)26-19-13-17(20(28)24-15-27(4)5)11-12-18(19)25-21(29)31-14-16-9-7-6-8-10-16/h6-10,15,17-19H,11-14H2,1-5H3,(H,25,29)(H,26,30)/t17-,18-,19+/m0/s1. The average Bonchev–Trinajstić information content (AvgIpc) is 2.71. The van der Waals surface area contributed by atoms with Gasteiger partial charge >= 0.3 is 12.2 Å². The number of ether oxygens (including phenoxy) is 2. The van der Waals surface area contributed by atoms with Gasteiger partial charge in [-0.3, -0.25) is 4.79 Å². The number of carbonyl (C=O) groups is 3. The van der Waals surface area contributed by atoms with E-state index in [0.29, 0.717) is 19.3 Å². The summed E-state index contributed by atoms with van der Waals surface area (Å²) < 4.78 is 10.7. The molecule has 1 aromatic rings. The second kappa shape index (κ2) is 11.5. The molecule has 176 valence electrons. The van der Waals surface area contributed by atoms with E-state index in [9.17, 15) is 14.4 Å². The molecule has 0 unspecified atom stereocenters. The molecule has 0 bridgehead atoms. The van der Waals surface area contributed by atoms with Crippen molar-refractivity contribution in [3.63, 3.8) is 0 Å². The minimum Gasteiger partial charge on any atom is -0.445 e. The van der Waals surface area contributed by atoms with Crippen LogP contribution in [0.1, 0.15) is 45.6 Å². The zero-order valence-corrected chi connectivity index (χ0v) is 19.5. The number of carbonyl (C=O) groups excluding carboxylic acids is 3. The van der Waals surface area contributed by atoms with Crippen LogP contribution in [-0.2, 0) is 20.9 Å². The van der Waals surface area contributed by atoms with Gasteiger partial charge in [0.25, 0.3) is 0 Å². The maximum absolute atomic E-state index is 12.5. The lowest BCUT2D eigenvalue weighted by atomic mass is 9.82. The highest BCUT2D eigenvalue weighted by molar-refractivity contribution is 5.86. The summed E-state index contributed by atoms with van der Waals surface area (Å²) in [7, 11) is 3.57. The molecule has 32 heavy (non-hydrogen) atoms. The monoisotopic (exact) mass is 446 g/mol. The third kappa shape index (κ3) is 8.95. The second-order valence-electron chi connectivity index (χ2n) is 9.12. The first-order valence-corrected chi connectivity index (χ1v) is 10.7. The van der Waals surface area contributed by atoms with Gasteiger partial charge < -0.3 is 25.0 Å². The fourth-order valence-electron chi connectivity index (χ4n) is 3.38. The molecule has 2 rings (SSSR count). The molecule has 0 aromatic heterocycles. The first kappa shape index (κ1) is 25.2. The van der Waals surface area contributed by atoms with E-state index >= 15 is 0 Å². The van der Waals surface area contributed by atoms with Gasteiger partial charge in [-0.2, -0.15) is 0 Å². The molecule has 0 aliphatic heterocycles. The van der Waals surface area contributed by atoms with Crippen LogP contribution in [0.25, 0.3) is 0 Å². The summed E-state index contributed by atoms with van der Waals surface area (Å²) in [5.41, 5.74) is 0.209. The summed E-state index contributed by atoms with van der Waals surface area (Å²) in [6.07, 6.45) is 1.66. The Morgan fingerprint density at radius 1 is 1.06 bits per heavy atom. The highest BCUT2D eigenvalue weighted by atomic mass is 16.6. The van der Waals surface area contributed by atoms with Crippen LogP contribution in [0.3, 0.4) is 0 Å². The van der Waals surface area contributed by atoms with Gasteiger partial charge in [0.1, 0.15) is 12.2 Å². The zero-order chi connectivity index (χ0) is 23.7. The van der Waals surface area contributed by atoms with Crippen molar-refractivity contribution < 1.29 is 23.9 Å². The van der Waals surface area contributed by atoms with Crippen molar-refractivity contribution in [2.75, 3.05) is 14.1 Å². The molecule has 9 nitrogen and oxygen atoms in total. The number of rotatable bonds is 6. The van der Waals surface area contributed by atoms with Crippen LogP contribution in [0.15, 0.2) is 35.3 Å². The van der Waals surface area contributed by atoms with Crippen molar-refractivity contribution >= 4 is 24.4 Å². The summed E-state index contributed by atoms with van der Waals surface area (Å²) in [5, 5.41) is 5.64. The Morgan fingerprint density at radius 3 is 2.34 bits per heavy atom. The summed E-state index contributed by atoms with van der Waals surface area (Å²) in [6, 6.07) is 8.47. The maximum atomic E-state index is 12.5. The van der Waals surface area contributed by atoms with E-state index < -0.39 is 29.9 Å². The Morgan fingerprint density at radius 2 is 1.72 bits per heavy atom. The molecule has 1 fully saturated rings. The highest BCUT2D eigenvalue weighted by Crippen LogP contribution is 2.26. The number of aliphatic imine (C=N–C) groups is 1. The van der Waals surface area contributed by atoms with Crippen molar-refractivity contribution in [3.05, 3.63) is 35.9 Å². The molecular formula is C23H34N4O5. The first-order chi connectivity index (χ1) is 15.0. The van der Waals surface area contributed by atoms with Crippen LogP contribution >= 0.6 is 0 Å². The van der Waals surface area contributed by atoms with Crippen LogP contribution in [0.4, 0.5) is 9.59 Å². The lowest BCUT2D eigenvalue weighted by Gasteiger charge is -2.36. The Balaban J connectivity index is 2.01. The maximum Gasteiger partial charge on any atom is 0.407 e. The number of hydrogen-bond acceptors (Lipinski definition) is 5. The number of nitrogens with zero attached hydrogens (tertiary/aromatic N) is 2. The minimum absolute atomic E-state index is 0.143. The van der Waals surface area contributed by atoms with Gasteiger partial charge in [-0.1, -0.05) is 30.3 Å². The number of benzene rings is 1. The summed E-state index contributed by atoms with van der Waals surface area (Å²) in [5.74, 6) is -0.607. The zero-order valence-electron chi connectivity index (χ0n) is 19.5. The van der Waals surface area contributed by atoms with Gasteiger partial charge in [-0.25, -0.2) is 14.6 Å². The highest BCUT2D eigenvalue weighted by Gasteiger charge is 2.36. The van der Waals surface area contributed by atoms with Crippen LogP contribution in [0, 0.1) is 5.92 Å². The van der Waals surface area contributed by atoms with E-state index in [1.165, 1.54) is 6.34 Å². The van der Waals surface area contributed by atoms with E-state index in [2.05, 4.69) is 15.6 Å². The van der Waals surface area contributed by atoms with Crippen molar-refractivity contribution in [1.29, 1.82) is 0 Å². The lowest BCUT2D eigenvalue weighted by Crippen LogP contribution is -2.55. The first-order valence-electron chi connectivity index (χ1n) is 10.7. The van der Waals surface area contributed by atoms with E-state index in [1.807, 2.05) is 30.3 Å². The lowest BCUT2D eigenvalue weighted by molar-refractivity contribution is -0.122. The van der Waals surface area contributed by atoms with E-state index in [-0.39, 0.29) is 18.4 Å². The van der Waals surface area contributed by atoms with Gasteiger partial charge in [-0.05, 0) is 45.6 Å². The quantitative estimate of drug-likeness (QED) is 0.513. The van der Waals surface area contributed by atoms with E-state index in [1.54, 1.807) is 39.8 Å². The SMILES string of the molecule is CN(C)C=NC(=O)[C@H]1CC[C@H](NC(=O)OCc2ccccc2)[C@H](NC(=O)OC(C)(C)C)C1. The molecule has 1 aromatic carbocycles. The molecule has 9 heteroatoms. The molecule has 0 spiro atoms. The number of amides is 3. The fraction of sp³-hybridized carbons (Fsp3) is 0.565. The van der Waals surface area contributed by atoms with Crippen molar-refractivity contribution in [2.45, 2.75) is 64.3 Å². The predicted molar refractivity (Wildman–Crippen MR) is 121 cm³/mol. The Bertz CT molecular complexity index is 804. The summed E-state index contributed by atoms with van der Waals surface area (Å²) in [6.45, 7) is 5.45. The normalized spacial score (nSPS) is 21.0. The van der Waals surface area contributed by atoms with Gasteiger partial charge in [0.15, 0.2) is 0 Å². The largest absolute Gasteiger partial charge is 0.445 e. The van der Waals surface area contributed by atoms with Crippen molar-refractivity contribution in [2.24, 2.45) is 10.9 Å². The third-order valence-electron chi connectivity index (χ3n) is 4.83. The van der Waals surface area contributed by atoms with Crippen molar-refractivity contribution in [3.8, 4) is 0 Å². The molecule has 1 aliphatic carbocycles. The Hall–Kier alpha value is -3.10. The smallest absolute Gasteiger partial charge is 0.407 e. The molecule has 0 saturated heterocycles. The Labute approximate surface area is 189 Å². The predicted octanol–water partition coefficient (Wildman–Crippen LogP) is 3.09. The van der Waals surface area contributed by atoms with Crippen LogP contribution in [-0.4, -0.2) is 61.1 Å². The topological polar surface area (TPSA) is 109 Å². The molecule has 1 aliphatic rings. The molecule has 3 amide bonds. The number of alkyl carbamates (subject to hydrolysis) is 2. The van der Waals surface area contributed by atoms with Crippen molar-refractivity contribution in [1.82, 2.24) is 15.5 Å². The fourth-order valence-corrected chi connectivity index (χ4v) is 3.38. The van der Waals surface area contributed by atoms with E-state index in [0.717, 1.165) is 5.56 Å². The number of nitrogens with one attached hydrogen (secondary N) is 2. The minimum atomic E-state index is -0.665. The Kier molecular flexibility index (Phi) is 9.04. The van der Waals surface area contributed by atoms with Gasteiger partial charge in [0, 0.05) is 20.0 Å². The van der Waals surface area contributed by atoms with Crippen LogP contribution in [0.2, 0.25) is 0 Å². The molecule has 2 N–H and O–H groups in total. The van der Waals surface area contributed by atoms with Gasteiger partial charge in [0.05, 0.1) is 18.4 Å². The van der Waals surface area contributed by atoms with Gasteiger partial charge in [-0.15, -0.1) is 0 Å². The molecule has 0 radical (unpaired) electrons. The molecule has 3 atom stereocenters. The average molecular weight is 447 g/mol. The molecule has 1 saturated carbocycles. The molecular weight excluding hydrogens is 412 g/mol. The van der Waals surface area contributed by atoms with Crippen LogP contribution in [0.5, 0.6) is 0 Å². The van der Waals surface area contributed by atoms with E-state index in [4.69, 9.17) is 9.47 Å². The second-order valence-corrected chi connectivity index (χ2v) is 9.12. The number of hydrogen-bond donors (Lipinski definition) is 2. The van der Waals surface area contributed by atoms with Crippen LogP contribution < -0.4 is 10.6 Å². The third-order valence-corrected chi connectivity index (χ3v) is 4.83. The van der Waals surface area contributed by atoms with Gasteiger partial charge in [0.2, 0.25) is 5.91 Å².